The van der Waals surface area contributed by atoms with E-state index in [-0.39, 0.29) is 49.1 Å². The molecule has 0 spiro atoms. The van der Waals surface area contributed by atoms with Crippen molar-refractivity contribution in [1.82, 2.24) is 43.8 Å². The zero-order chi connectivity index (χ0) is 33.5. The summed E-state index contributed by atoms with van der Waals surface area (Å²) >= 11 is 0. The number of rotatable bonds is 12. The van der Waals surface area contributed by atoms with Gasteiger partial charge in [0.25, 0.3) is 5.56 Å². The predicted molar refractivity (Wildman–Crippen MR) is 161 cm³/mol. The first-order valence-corrected chi connectivity index (χ1v) is 17.1. The highest BCUT2D eigenvalue weighted by Gasteiger charge is 2.44. The number of ether oxygens (including phenoxy) is 1. The highest BCUT2D eigenvalue weighted by Crippen LogP contribution is 2.39. The summed E-state index contributed by atoms with van der Waals surface area (Å²) in [6, 6.07) is -0.227. The molecule has 22 heteroatoms. The van der Waals surface area contributed by atoms with Gasteiger partial charge in [0.05, 0.1) is 31.1 Å². The molecule has 4 aromatic heterocycles. The van der Waals surface area contributed by atoms with Crippen molar-refractivity contribution in [2.24, 2.45) is 11.8 Å². The van der Waals surface area contributed by atoms with Crippen LogP contribution >= 0.6 is 8.25 Å². The average Bonchev–Trinajstić information content (AvgIpc) is 3.80. The van der Waals surface area contributed by atoms with Crippen molar-refractivity contribution in [3.63, 3.8) is 0 Å². The molecule has 1 saturated carbocycles. The van der Waals surface area contributed by atoms with E-state index in [1.807, 2.05) is 4.57 Å². The molecule has 2 fully saturated rings. The van der Waals surface area contributed by atoms with E-state index < -0.39 is 66.4 Å². The van der Waals surface area contributed by atoms with Gasteiger partial charge in [-0.05, 0) is 12.8 Å². The average molecular weight is 696 g/mol. The Bertz CT molecular complexity index is 1970. The van der Waals surface area contributed by atoms with Crippen LogP contribution in [-0.2, 0) is 33.1 Å². The van der Waals surface area contributed by atoms with Crippen LogP contribution in [0.5, 0.6) is 0 Å². The van der Waals surface area contributed by atoms with Crippen LogP contribution in [0, 0.1) is 11.8 Å². The topological polar surface area (TPSA) is 268 Å². The molecule has 1 saturated heterocycles. The molecule has 2 aliphatic rings. The molecule has 6 rings (SSSR count). The molecule has 20 nitrogen and oxygen atoms in total. The fraction of sp³-hybridized carbons (Fsp3) is 0.560. The van der Waals surface area contributed by atoms with Crippen LogP contribution in [0.4, 0.5) is 5.95 Å². The maximum absolute atomic E-state index is 13.0. The van der Waals surface area contributed by atoms with Crippen LogP contribution in [0.3, 0.4) is 0 Å². The normalized spacial score (nSPS) is 25.3. The molecule has 252 valence electrons. The van der Waals surface area contributed by atoms with E-state index in [1.54, 1.807) is 26.4 Å². The number of nitrogens with one attached hydrogen (secondary N) is 3. The van der Waals surface area contributed by atoms with Crippen molar-refractivity contribution in [1.29, 1.82) is 0 Å². The van der Waals surface area contributed by atoms with Gasteiger partial charge in [0.15, 0.2) is 29.1 Å². The molecular weight excluding hydrogens is 663 g/mol. The van der Waals surface area contributed by atoms with Gasteiger partial charge in [0, 0.05) is 42.0 Å². The third kappa shape index (κ3) is 7.06. The molecule has 0 bridgehead atoms. The van der Waals surface area contributed by atoms with Gasteiger partial charge in [-0.1, -0.05) is 13.8 Å². The number of amides is 1. The fourth-order valence-electron chi connectivity index (χ4n) is 5.77. The minimum absolute atomic E-state index is 0.00731. The smallest absolute Gasteiger partial charge is 0.396 e. The van der Waals surface area contributed by atoms with Gasteiger partial charge in [0.2, 0.25) is 11.9 Å². The first kappa shape index (κ1) is 33.1. The van der Waals surface area contributed by atoms with Crippen molar-refractivity contribution in [2.45, 2.75) is 63.7 Å². The number of hydrogen-bond donors (Lipinski definition) is 5. The second-order valence-corrected chi connectivity index (χ2v) is 13.6. The molecule has 1 amide bonds. The quantitative estimate of drug-likeness (QED) is 0.122. The summed E-state index contributed by atoms with van der Waals surface area (Å²) in [4.78, 5) is 57.6. The predicted octanol–water partition coefficient (Wildman–Crippen LogP) is 0.0394. The van der Waals surface area contributed by atoms with Gasteiger partial charge in [-0.3, -0.25) is 28.6 Å². The number of aliphatic hydroxyl groups is 1. The highest BCUT2D eigenvalue weighted by molar-refractivity contribution is 7.84. The molecule has 7 atom stereocenters. The number of H-pyrrole nitrogens is 1. The lowest BCUT2D eigenvalue weighted by molar-refractivity contribution is -0.118. The molecule has 1 aliphatic carbocycles. The van der Waals surface area contributed by atoms with E-state index in [4.69, 9.17) is 13.4 Å². The fourth-order valence-corrected chi connectivity index (χ4v) is 7.22. The largest absolute Gasteiger partial charge is 0.695 e. The number of hydrogen-bond acceptors (Lipinski definition) is 14. The maximum atomic E-state index is 13.0. The summed E-state index contributed by atoms with van der Waals surface area (Å²) < 4.78 is 59.9. The molecule has 0 radical (unpaired) electrons. The lowest BCUT2D eigenvalue weighted by Gasteiger charge is -2.19. The van der Waals surface area contributed by atoms with Gasteiger partial charge in [0.1, 0.15) is 11.8 Å². The van der Waals surface area contributed by atoms with Crippen LogP contribution in [0.1, 0.15) is 45.4 Å². The summed E-state index contributed by atoms with van der Waals surface area (Å²) in [6.07, 6.45) is 2.50. The van der Waals surface area contributed by atoms with E-state index in [1.165, 1.54) is 17.2 Å². The van der Waals surface area contributed by atoms with Gasteiger partial charge >= 0.3 is 18.6 Å². The van der Waals surface area contributed by atoms with Crippen LogP contribution in [0.25, 0.3) is 22.3 Å². The van der Waals surface area contributed by atoms with Crippen LogP contribution in [-0.4, -0.2) is 94.8 Å². The number of imidazole rings is 2. The Kier molecular flexibility index (Phi) is 9.40. The van der Waals surface area contributed by atoms with E-state index in [0.717, 1.165) is 0 Å². The number of carbonyl (C=O) groups excluding carboxylic acids is 1. The van der Waals surface area contributed by atoms with Crippen molar-refractivity contribution in [3.05, 3.63) is 35.5 Å². The summed E-state index contributed by atoms with van der Waals surface area (Å²) in [6.45, 7) is 2.71. The second kappa shape index (κ2) is 13.4. The maximum Gasteiger partial charge on any atom is 0.695 e. The summed E-state index contributed by atoms with van der Waals surface area (Å²) in [5.74, 6) is -1.42. The molecule has 5 heterocycles. The van der Waals surface area contributed by atoms with E-state index in [0.29, 0.717) is 17.6 Å². The number of carbonyl (C=O) groups is 1. The monoisotopic (exact) mass is 695 g/mol. The van der Waals surface area contributed by atoms with E-state index in [9.17, 15) is 32.6 Å². The Morgan fingerprint density at radius 3 is 2.70 bits per heavy atom. The van der Waals surface area contributed by atoms with Crippen molar-refractivity contribution >= 4 is 52.7 Å². The van der Waals surface area contributed by atoms with Crippen LogP contribution < -0.4 is 15.6 Å². The number of anilines is 1. The lowest BCUT2D eigenvalue weighted by Crippen LogP contribution is -2.37. The minimum atomic E-state index is -4.36. The molecule has 5 N–H and O–H groups in total. The van der Waals surface area contributed by atoms with E-state index >= 15 is 0 Å². The zero-order valence-electron chi connectivity index (χ0n) is 25.0. The third-order valence-electron chi connectivity index (χ3n) is 8.05. The SMILES string of the molecule is CC(C)C(=O)Nc1nc2c(ncn2[C@@H]2O[C@H](CNS(=O)(=O)O[C@H]3C[C@H](n4cnc5cncnc54)C[C@@H]3CO)C[C@H]2O[P+](=O)O)c(=O)[nH]1. The van der Waals surface area contributed by atoms with E-state index in [2.05, 4.69) is 39.9 Å². The molecule has 1 unspecified atom stereocenters. The van der Waals surface area contributed by atoms with Crippen molar-refractivity contribution in [2.75, 3.05) is 18.5 Å². The van der Waals surface area contributed by atoms with Gasteiger partial charge in [-0.2, -0.15) is 18.1 Å². The lowest BCUT2D eigenvalue weighted by atomic mass is 10.1. The number of aromatic nitrogens is 8. The Labute approximate surface area is 267 Å². The molecular formula is C25H32N10O10PS+. The number of nitrogens with zero attached hydrogens (tertiary/aromatic N) is 7. The number of aromatic amines is 1. The molecule has 47 heavy (non-hydrogen) atoms. The highest BCUT2D eigenvalue weighted by atomic mass is 32.2. The van der Waals surface area contributed by atoms with Gasteiger partial charge < -0.3 is 14.4 Å². The van der Waals surface area contributed by atoms with Gasteiger partial charge in [-0.25, -0.2) is 19.9 Å². The number of aliphatic hydroxyl groups excluding tert-OH is 1. The summed E-state index contributed by atoms with van der Waals surface area (Å²) in [5, 5.41) is 12.5. The third-order valence-corrected chi connectivity index (χ3v) is 9.52. The second-order valence-electron chi connectivity index (χ2n) is 11.5. The van der Waals surface area contributed by atoms with Gasteiger partial charge in [-0.15, -0.1) is 9.42 Å². The Balaban J connectivity index is 1.15. The van der Waals surface area contributed by atoms with Crippen LogP contribution in [0.15, 0.2) is 30.0 Å². The standard InChI is InChI=1S/C25H31N10O10PS/c1-12(2)22(37)32-25-31-21-19(23(38)33-25)29-11-35(21)24-18(44-46(39)40)5-15(43-24)6-30-47(41,42)45-17-4-14(3-13(17)8-36)34-10-28-16-7-26-9-27-20(16)34/h7,9-15,17-18,24,30,36H,3-6,8H2,1-2H3,(H2-,31,32,33,37,38,39,40)/p+1/t13-,14-,15+,17+,18-,24-/m1/s1. The van der Waals surface area contributed by atoms with Crippen molar-refractivity contribution < 1.29 is 41.2 Å². The first-order chi connectivity index (χ1) is 22.4. The summed E-state index contributed by atoms with van der Waals surface area (Å²) in [7, 11) is -7.46. The Hall–Kier alpha value is -3.82. The zero-order valence-corrected chi connectivity index (χ0v) is 26.7. The Morgan fingerprint density at radius 1 is 1.17 bits per heavy atom. The Morgan fingerprint density at radius 2 is 1.96 bits per heavy atom. The molecule has 4 aromatic rings. The molecule has 1 aliphatic heterocycles. The summed E-state index contributed by atoms with van der Waals surface area (Å²) in [5.41, 5.74) is 0.416. The first-order valence-electron chi connectivity index (χ1n) is 14.6. The van der Waals surface area contributed by atoms with Crippen LogP contribution in [0.2, 0.25) is 0 Å². The minimum Gasteiger partial charge on any atom is -0.396 e. The molecule has 0 aromatic carbocycles. The van der Waals surface area contributed by atoms with Crippen molar-refractivity contribution in [3.8, 4) is 0 Å². The number of fused-ring (bicyclic) bond motifs is 2.